The normalized spacial score (nSPS) is 17.2. The number of alkyl halides is 3. The zero-order valence-corrected chi connectivity index (χ0v) is 14.6. The quantitative estimate of drug-likeness (QED) is 0.583. The number of hydrogen-bond donors (Lipinski definition) is 0. The van der Waals surface area contributed by atoms with Gasteiger partial charge in [0.2, 0.25) is 0 Å². The van der Waals surface area contributed by atoms with E-state index in [1.807, 2.05) is 11.0 Å². The van der Waals surface area contributed by atoms with E-state index in [-0.39, 0.29) is 11.7 Å². The summed E-state index contributed by atoms with van der Waals surface area (Å²) in [6.07, 6.45) is -1.40. The first-order valence-corrected chi connectivity index (χ1v) is 8.38. The van der Waals surface area contributed by atoms with Crippen molar-refractivity contribution in [1.29, 1.82) is 0 Å². The van der Waals surface area contributed by atoms with E-state index in [0.717, 1.165) is 31.5 Å². The van der Waals surface area contributed by atoms with Gasteiger partial charge in [-0.3, -0.25) is 10.1 Å². The van der Waals surface area contributed by atoms with Gasteiger partial charge in [-0.1, -0.05) is 0 Å². The standard InChI is InChI=1S/C17H18F3N5O2/c1-23(11-13-4-3-9-24(13)16-5-2-8-21-22-16)15-7-6-12(25(26)27)10-14(15)17(18,19)20/h2,5-8,10,13H,3-4,9,11H2,1H3. The highest BCUT2D eigenvalue weighted by molar-refractivity contribution is 5.59. The molecule has 2 aromatic rings. The van der Waals surface area contributed by atoms with Crippen molar-refractivity contribution in [2.45, 2.75) is 25.1 Å². The lowest BCUT2D eigenvalue weighted by molar-refractivity contribution is -0.385. The Bertz CT molecular complexity index is 816. The van der Waals surface area contributed by atoms with Crippen molar-refractivity contribution in [3.63, 3.8) is 0 Å². The van der Waals surface area contributed by atoms with Crippen molar-refractivity contribution in [2.24, 2.45) is 0 Å². The van der Waals surface area contributed by atoms with Crippen LogP contribution in [0.5, 0.6) is 0 Å². The van der Waals surface area contributed by atoms with Crippen LogP contribution in [0, 0.1) is 10.1 Å². The molecule has 1 unspecified atom stereocenters. The summed E-state index contributed by atoms with van der Waals surface area (Å²) in [7, 11) is 1.56. The van der Waals surface area contributed by atoms with Gasteiger partial charge >= 0.3 is 6.18 Å². The lowest BCUT2D eigenvalue weighted by Crippen LogP contribution is -2.40. The molecule has 0 N–H and O–H groups in total. The van der Waals surface area contributed by atoms with Crippen molar-refractivity contribution >= 4 is 17.2 Å². The Labute approximate surface area is 153 Å². The Morgan fingerprint density at radius 1 is 1.37 bits per heavy atom. The average molecular weight is 381 g/mol. The molecule has 0 saturated carbocycles. The van der Waals surface area contributed by atoms with Crippen LogP contribution in [0.15, 0.2) is 36.5 Å². The molecule has 144 valence electrons. The maximum absolute atomic E-state index is 13.4. The van der Waals surface area contributed by atoms with E-state index in [9.17, 15) is 23.3 Å². The first-order valence-electron chi connectivity index (χ1n) is 8.38. The number of anilines is 2. The summed E-state index contributed by atoms with van der Waals surface area (Å²) in [5.41, 5.74) is -1.68. The molecular formula is C17H18F3N5O2. The minimum absolute atomic E-state index is 0.0250. The lowest BCUT2D eigenvalue weighted by atomic mass is 10.1. The zero-order valence-electron chi connectivity index (χ0n) is 14.6. The molecule has 1 fully saturated rings. The predicted molar refractivity (Wildman–Crippen MR) is 93.8 cm³/mol. The lowest BCUT2D eigenvalue weighted by Gasteiger charge is -2.31. The molecule has 2 heterocycles. The number of nitro benzene ring substituents is 1. The maximum Gasteiger partial charge on any atom is 0.418 e. The van der Waals surface area contributed by atoms with E-state index < -0.39 is 22.4 Å². The molecule has 1 atom stereocenters. The Kier molecular flexibility index (Phi) is 5.15. The molecule has 7 nitrogen and oxygen atoms in total. The van der Waals surface area contributed by atoms with Crippen LogP contribution in [0.25, 0.3) is 0 Å². The smallest absolute Gasteiger partial charge is 0.372 e. The molecule has 1 aliphatic rings. The molecular weight excluding hydrogens is 363 g/mol. The SMILES string of the molecule is CN(CC1CCCN1c1cccnn1)c1ccc([N+](=O)[O-])cc1C(F)(F)F. The summed E-state index contributed by atoms with van der Waals surface area (Å²) in [4.78, 5) is 13.5. The van der Waals surface area contributed by atoms with Gasteiger partial charge in [-0.2, -0.15) is 18.3 Å². The molecule has 0 spiro atoms. The fourth-order valence-electron chi connectivity index (χ4n) is 3.39. The van der Waals surface area contributed by atoms with Crippen molar-refractivity contribution in [3.8, 4) is 0 Å². The van der Waals surface area contributed by atoms with Crippen LogP contribution in [0.4, 0.5) is 30.4 Å². The summed E-state index contributed by atoms with van der Waals surface area (Å²) >= 11 is 0. The molecule has 1 aliphatic heterocycles. The number of hydrogen-bond acceptors (Lipinski definition) is 6. The van der Waals surface area contributed by atoms with Crippen LogP contribution < -0.4 is 9.80 Å². The fraction of sp³-hybridized carbons (Fsp3) is 0.412. The van der Waals surface area contributed by atoms with E-state index in [1.54, 1.807) is 19.3 Å². The van der Waals surface area contributed by atoms with Crippen molar-refractivity contribution in [3.05, 3.63) is 52.2 Å². The molecule has 27 heavy (non-hydrogen) atoms. The third-order valence-electron chi connectivity index (χ3n) is 4.62. The van der Waals surface area contributed by atoms with E-state index in [1.165, 1.54) is 4.90 Å². The topological polar surface area (TPSA) is 75.4 Å². The van der Waals surface area contributed by atoms with Crippen LogP contribution in [-0.4, -0.2) is 41.3 Å². The highest BCUT2D eigenvalue weighted by Crippen LogP contribution is 2.39. The fourth-order valence-corrected chi connectivity index (χ4v) is 3.39. The monoisotopic (exact) mass is 381 g/mol. The van der Waals surface area contributed by atoms with Crippen molar-refractivity contribution in [1.82, 2.24) is 10.2 Å². The number of non-ortho nitro benzene ring substituents is 1. The van der Waals surface area contributed by atoms with Crippen LogP contribution in [0.1, 0.15) is 18.4 Å². The van der Waals surface area contributed by atoms with Gasteiger partial charge in [0.15, 0.2) is 5.82 Å². The number of aromatic nitrogens is 2. The van der Waals surface area contributed by atoms with Gasteiger partial charge in [-0.15, -0.1) is 5.10 Å². The van der Waals surface area contributed by atoms with Gasteiger partial charge < -0.3 is 9.80 Å². The molecule has 1 aromatic carbocycles. The van der Waals surface area contributed by atoms with Crippen molar-refractivity contribution in [2.75, 3.05) is 29.9 Å². The van der Waals surface area contributed by atoms with Crippen LogP contribution >= 0.6 is 0 Å². The third-order valence-corrected chi connectivity index (χ3v) is 4.62. The summed E-state index contributed by atoms with van der Waals surface area (Å²) in [5.74, 6) is 0.688. The highest BCUT2D eigenvalue weighted by atomic mass is 19.4. The predicted octanol–water partition coefficient (Wildman–Crippen LogP) is 3.51. The van der Waals surface area contributed by atoms with Gasteiger partial charge in [0, 0.05) is 50.2 Å². The first-order chi connectivity index (χ1) is 12.8. The van der Waals surface area contributed by atoms with Gasteiger partial charge in [-0.25, -0.2) is 0 Å². The van der Waals surface area contributed by atoms with Crippen molar-refractivity contribution < 1.29 is 18.1 Å². The Morgan fingerprint density at radius 3 is 2.78 bits per heavy atom. The molecule has 3 rings (SSSR count). The van der Waals surface area contributed by atoms with E-state index in [0.29, 0.717) is 18.4 Å². The average Bonchev–Trinajstić information content (AvgIpc) is 3.09. The largest absolute Gasteiger partial charge is 0.418 e. The number of likely N-dealkylation sites (N-methyl/N-ethyl adjacent to an activating group) is 1. The Balaban J connectivity index is 1.85. The summed E-state index contributed by atoms with van der Waals surface area (Å²) in [6, 6.07) is 6.39. The number of halogens is 3. The summed E-state index contributed by atoms with van der Waals surface area (Å²) in [5, 5.41) is 18.8. The maximum atomic E-state index is 13.4. The first kappa shape index (κ1) is 18.9. The second kappa shape index (κ2) is 7.37. The van der Waals surface area contributed by atoms with Crippen LogP contribution in [0.3, 0.4) is 0 Å². The molecule has 0 radical (unpaired) electrons. The number of nitro groups is 1. The second-order valence-corrected chi connectivity index (χ2v) is 6.41. The minimum Gasteiger partial charge on any atom is -0.372 e. The van der Waals surface area contributed by atoms with Crippen LogP contribution in [-0.2, 0) is 6.18 Å². The second-order valence-electron chi connectivity index (χ2n) is 6.41. The van der Waals surface area contributed by atoms with E-state index in [4.69, 9.17) is 0 Å². The molecule has 1 aromatic heterocycles. The minimum atomic E-state index is -4.68. The van der Waals surface area contributed by atoms with Gasteiger partial charge in [0.1, 0.15) is 0 Å². The molecule has 10 heteroatoms. The van der Waals surface area contributed by atoms with Gasteiger partial charge in [0.25, 0.3) is 5.69 Å². The van der Waals surface area contributed by atoms with Gasteiger partial charge in [-0.05, 0) is 31.0 Å². The summed E-state index contributed by atoms with van der Waals surface area (Å²) in [6.45, 7) is 1.08. The number of benzene rings is 1. The Hall–Kier alpha value is -2.91. The molecule has 0 bridgehead atoms. The van der Waals surface area contributed by atoms with Crippen LogP contribution in [0.2, 0.25) is 0 Å². The number of nitrogens with zero attached hydrogens (tertiary/aromatic N) is 5. The van der Waals surface area contributed by atoms with E-state index in [2.05, 4.69) is 10.2 Å². The molecule has 1 saturated heterocycles. The summed E-state index contributed by atoms with van der Waals surface area (Å²) < 4.78 is 40.3. The Morgan fingerprint density at radius 2 is 2.15 bits per heavy atom. The van der Waals surface area contributed by atoms with Gasteiger partial charge in [0.05, 0.1) is 10.5 Å². The highest BCUT2D eigenvalue weighted by Gasteiger charge is 2.37. The zero-order chi connectivity index (χ0) is 19.6. The third kappa shape index (κ3) is 4.09. The number of rotatable bonds is 5. The van der Waals surface area contributed by atoms with E-state index >= 15 is 0 Å². The molecule has 0 aliphatic carbocycles. The molecule has 0 amide bonds.